The molecule has 3 atom stereocenters. The molecule has 6 heteroatoms. The van der Waals surface area contributed by atoms with E-state index < -0.39 is 16.2 Å². The van der Waals surface area contributed by atoms with Crippen LogP contribution in [0.3, 0.4) is 0 Å². The summed E-state index contributed by atoms with van der Waals surface area (Å²) in [5, 5.41) is 10.00. The standard InChI is InChI=1S/C18H28O5S/c1-3-4-5-6-16-11-15(19)12-17(23-16)13-22-24(20,21)18-9-7-14(2)8-10-18/h7-10,15-17,19H,3-6,11-13H2,1-2H3/t15-,16+,17+/m1/s1. The minimum absolute atomic E-state index is 0.0176. The lowest BCUT2D eigenvalue weighted by Gasteiger charge is -2.33. The maximum absolute atomic E-state index is 12.2. The highest BCUT2D eigenvalue weighted by molar-refractivity contribution is 7.86. The Labute approximate surface area is 145 Å². The normalized spacial score (nSPS) is 24.9. The van der Waals surface area contributed by atoms with Gasteiger partial charge in [0.25, 0.3) is 10.1 Å². The van der Waals surface area contributed by atoms with Crippen molar-refractivity contribution in [1.29, 1.82) is 0 Å². The van der Waals surface area contributed by atoms with Gasteiger partial charge in [-0.3, -0.25) is 4.18 Å². The third kappa shape index (κ3) is 5.84. The smallest absolute Gasteiger partial charge is 0.297 e. The summed E-state index contributed by atoms with van der Waals surface area (Å²) in [6.45, 7) is 3.98. The second-order valence-electron chi connectivity index (χ2n) is 6.55. The van der Waals surface area contributed by atoms with Gasteiger partial charge in [-0.05, 0) is 31.9 Å². The Morgan fingerprint density at radius 1 is 1.17 bits per heavy atom. The number of aliphatic hydroxyl groups is 1. The first-order valence-corrected chi connectivity index (χ1v) is 10.1. The van der Waals surface area contributed by atoms with Gasteiger partial charge in [-0.15, -0.1) is 0 Å². The Hall–Kier alpha value is -0.950. The fraction of sp³-hybridized carbons (Fsp3) is 0.667. The molecule has 1 fully saturated rings. The van der Waals surface area contributed by atoms with Crippen molar-refractivity contribution < 1.29 is 22.4 Å². The van der Waals surface area contributed by atoms with Gasteiger partial charge in [-0.1, -0.05) is 43.9 Å². The highest BCUT2D eigenvalue weighted by Gasteiger charge is 2.29. The van der Waals surface area contributed by atoms with Crippen LogP contribution in [0.5, 0.6) is 0 Å². The first-order chi connectivity index (χ1) is 11.4. The summed E-state index contributed by atoms with van der Waals surface area (Å²) in [6, 6.07) is 6.55. The van der Waals surface area contributed by atoms with Crippen LogP contribution in [0.25, 0.3) is 0 Å². The lowest BCUT2D eigenvalue weighted by atomic mass is 9.97. The molecular formula is C18H28O5S. The minimum Gasteiger partial charge on any atom is -0.393 e. The van der Waals surface area contributed by atoms with E-state index in [1.165, 1.54) is 12.1 Å². The molecule has 5 nitrogen and oxygen atoms in total. The van der Waals surface area contributed by atoms with Crippen molar-refractivity contribution in [3.8, 4) is 0 Å². The Morgan fingerprint density at radius 2 is 1.83 bits per heavy atom. The third-order valence-electron chi connectivity index (χ3n) is 4.30. The predicted molar refractivity (Wildman–Crippen MR) is 92.4 cm³/mol. The second-order valence-corrected chi connectivity index (χ2v) is 8.17. The van der Waals surface area contributed by atoms with Gasteiger partial charge in [-0.25, -0.2) is 0 Å². The van der Waals surface area contributed by atoms with E-state index in [-0.39, 0.29) is 23.7 Å². The minimum atomic E-state index is -3.79. The average molecular weight is 356 g/mol. The first-order valence-electron chi connectivity index (χ1n) is 8.70. The van der Waals surface area contributed by atoms with E-state index in [1.54, 1.807) is 12.1 Å². The molecule has 1 aromatic rings. The van der Waals surface area contributed by atoms with Gasteiger partial charge >= 0.3 is 0 Å². The molecule has 1 saturated heterocycles. The molecule has 0 aliphatic carbocycles. The third-order valence-corrected chi connectivity index (χ3v) is 5.60. The zero-order valence-corrected chi connectivity index (χ0v) is 15.3. The fourth-order valence-electron chi connectivity index (χ4n) is 2.94. The van der Waals surface area contributed by atoms with Gasteiger partial charge < -0.3 is 9.84 Å². The lowest BCUT2D eigenvalue weighted by molar-refractivity contribution is -0.110. The van der Waals surface area contributed by atoms with E-state index >= 15 is 0 Å². The highest BCUT2D eigenvalue weighted by Crippen LogP contribution is 2.25. The van der Waals surface area contributed by atoms with Gasteiger partial charge in [0.2, 0.25) is 0 Å². The number of hydrogen-bond donors (Lipinski definition) is 1. The van der Waals surface area contributed by atoms with Gasteiger partial charge in [0.05, 0.1) is 29.8 Å². The Bertz CT molecular complexity index is 596. The van der Waals surface area contributed by atoms with Crippen molar-refractivity contribution in [2.75, 3.05) is 6.61 Å². The van der Waals surface area contributed by atoms with Crippen LogP contribution in [0.2, 0.25) is 0 Å². The fourth-order valence-corrected chi connectivity index (χ4v) is 3.88. The molecule has 136 valence electrons. The number of aliphatic hydroxyl groups excluding tert-OH is 1. The average Bonchev–Trinajstić information content (AvgIpc) is 2.53. The summed E-state index contributed by atoms with van der Waals surface area (Å²) in [6.07, 6.45) is 4.39. The number of rotatable bonds is 8. The van der Waals surface area contributed by atoms with E-state index in [2.05, 4.69) is 6.92 Å². The molecule has 0 saturated carbocycles. The zero-order chi connectivity index (χ0) is 17.6. The van der Waals surface area contributed by atoms with Gasteiger partial charge in [0, 0.05) is 6.42 Å². The van der Waals surface area contributed by atoms with E-state index in [1.807, 2.05) is 6.92 Å². The lowest BCUT2D eigenvalue weighted by Crippen LogP contribution is -2.38. The van der Waals surface area contributed by atoms with Gasteiger partial charge in [-0.2, -0.15) is 8.42 Å². The molecule has 1 N–H and O–H groups in total. The molecule has 1 aliphatic heterocycles. The number of unbranched alkanes of at least 4 members (excludes halogenated alkanes) is 2. The topological polar surface area (TPSA) is 72.8 Å². The quantitative estimate of drug-likeness (QED) is 0.572. The molecule has 2 rings (SSSR count). The molecule has 0 amide bonds. The van der Waals surface area contributed by atoms with E-state index in [4.69, 9.17) is 8.92 Å². The maximum Gasteiger partial charge on any atom is 0.297 e. The summed E-state index contributed by atoms with van der Waals surface area (Å²) >= 11 is 0. The highest BCUT2D eigenvalue weighted by atomic mass is 32.2. The molecule has 1 aliphatic rings. The van der Waals surface area contributed by atoms with Crippen LogP contribution in [-0.4, -0.2) is 38.4 Å². The van der Waals surface area contributed by atoms with Crippen molar-refractivity contribution in [2.45, 2.75) is 75.6 Å². The van der Waals surface area contributed by atoms with E-state index in [0.29, 0.717) is 12.8 Å². The van der Waals surface area contributed by atoms with Crippen LogP contribution in [-0.2, 0) is 19.0 Å². The van der Waals surface area contributed by atoms with Gasteiger partial charge in [0.15, 0.2) is 0 Å². The molecule has 0 bridgehead atoms. The van der Waals surface area contributed by atoms with Crippen LogP contribution < -0.4 is 0 Å². The molecule has 24 heavy (non-hydrogen) atoms. The van der Waals surface area contributed by atoms with Crippen LogP contribution >= 0.6 is 0 Å². The molecular weight excluding hydrogens is 328 g/mol. The molecule has 1 aromatic carbocycles. The zero-order valence-electron chi connectivity index (χ0n) is 14.5. The van der Waals surface area contributed by atoms with Crippen molar-refractivity contribution >= 4 is 10.1 Å². The SMILES string of the molecule is CCCCC[C@H]1C[C@@H](O)C[C@@H](COS(=O)(=O)c2ccc(C)cc2)O1. The summed E-state index contributed by atoms with van der Waals surface area (Å²) in [7, 11) is -3.79. The molecule has 0 spiro atoms. The van der Waals surface area contributed by atoms with Gasteiger partial charge in [0.1, 0.15) is 0 Å². The Balaban J connectivity index is 1.88. The number of benzene rings is 1. The number of hydrogen-bond acceptors (Lipinski definition) is 5. The van der Waals surface area contributed by atoms with Crippen molar-refractivity contribution in [1.82, 2.24) is 0 Å². The molecule has 0 radical (unpaired) electrons. The summed E-state index contributed by atoms with van der Waals surface area (Å²) in [5.74, 6) is 0. The molecule has 0 unspecified atom stereocenters. The first kappa shape index (κ1) is 19.4. The number of aryl methyl sites for hydroxylation is 1. The van der Waals surface area contributed by atoms with Crippen LogP contribution in [0.15, 0.2) is 29.2 Å². The number of ether oxygens (including phenoxy) is 1. The Morgan fingerprint density at radius 3 is 2.50 bits per heavy atom. The second kappa shape index (κ2) is 8.94. The molecule has 1 heterocycles. The van der Waals surface area contributed by atoms with Crippen LogP contribution in [0, 0.1) is 6.92 Å². The van der Waals surface area contributed by atoms with Crippen LogP contribution in [0.1, 0.15) is 51.0 Å². The van der Waals surface area contributed by atoms with Crippen LogP contribution in [0.4, 0.5) is 0 Å². The van der Waals surface area contributed by atoms with E-state index in [9.17, 15) is 13.5 Å². The largest absolute Gasteiger partial charge is 0.393 e. The predicted octanol–water partition coefficient (Wildman–Crippen LogP) is 3.19. The van der Waals surface area contributed by atoms with Crippen molar-refractivity contribution in [3.63, 3.8) is 0 Å². The monoisotopic (exact) mass is 356 g/mol. The van der Waals surface area contributed by atoms with Crippen molar-refractivity contribution in [3.05, 3.63) is 29.8 Å². The summed E-state index contributed by atoms with van der Waals surface area (Å²) in [4.78, 5) is 0.143. The molecule has 0 aromatic heterocycles. The van der Waals surface area contributed by atoms with E-state index in [0.717, 1.165) is 31.2 Å². The Kier molecular flexibility index (Phi) is 7.22. The maximum atomic E-state index is 12.2. The summed E-state index contributed by atoms with van der Waals surface area (Å²) in [5.41, 5.74) is 0.989. The van der Waals surface area contributed by atoms with Crippen molar-refractivity contribution in [2.24, 2.45) is 0 Å². The summed E-state index contributed by atoms with van der Waals surface area (Å²) < 4.78 is 35.5.